The van der Waals surface area contributed by atoms with Crippen molar-refractivity contribution in [3.8, 4) is 0 Å². The van der Waals surface area contributed by atoms with Crippen molar-refractivity contribution < 1.29 is 24.6 Å². The van der Waals surface area contributed by atoms with E-state index in [-0.39, 0.29) is 47.5 Å². The Kier molecular flexibility index (Phi) is 4.12. The lowest BCUT2D eigenvalue weighted by atomic mass is 9.46. The highest BCUT2D eigenvalue weighted by Gasteiger charge is 2.68. The Labute approximate surface area is 163 Å². The Morgan fingerprint density at radius 2 is 2.04 bits per heavy atom. The Balaban J connectivity index is 1.79. The molecule has 3 fully saturated rings. The van der Waals surface area contributed by atoms with Crippen molar-refractivity contribution in [2.45, 2.75) is 50.5 Å². The van der Waals surface area contributed by atoms with Crippen LogP contribution in [0.1, 0.15) is 39.5 Å². The van der Waals surface area contributed by atoms with Crippen LogP contribution in [0.4, 0.5) is 0 Å². The molecular formula is C21H25ClO5. The summed E-state index contributed by atoms with van der Waals surface area (Å²) >= 11 is 6.67. The van der Waals surface area contributed by atoms with Crippen molar-refractivity contribution in [1.82, 2.24) is 0 Å². The van der Waals surface area contributed by atoms with Crippen molar-refractivity contribution in [3.63, 3.8) is 0 Å². The van der Waals surface area contributed by atoms with E-state index in [1.165, 1.54) is 6.08 Å². The quantitative estimate of drug-likeness (QED) is 0.701. The maximum atomic E-state index is 13.3. The van der Waals surface area contributed by atoms with Crippen LogP contribution in [-0.2, 0) is 14.4 Å². The van der Waals surface area contributed by atoms with Crippen LogP contribution in [0.15, 0.2) is 23.8 Å². The summed E-state index contributed by atoms with van der Waals surface area (Å²) in [6.07, 6.45) is 6.41. The van der Waals surface area contributed by atoms with Crippen LogP contribution in [0.25, 0.3) is 0 Å². The van der Waals surface area contributed by atoms with Crippen LogP contribution in [-0.4, -0.2) is 45.1 Å². The SMILES string of the molecule is C[C@]12C=CC(=O)C=C1C(Cl)CC1C2C(=O)C[C@@]2(C)C1CC[C@]2(O)C(=O)CO. The highest BCUT2D eigenvalue weighted by atomic mass is 35.5. The molecule has 0 spiro atoms. The molecule has 27 heavy (non-hydrogen) atoms. The van der Waals surface area contributed by atoms with Gasteiger partial charge in [-0.1, -0.05) is 19.9 Å². The molecule has 0 heterocycles. The number of hydrogen-bond acceptors (Lipinski definition) is 5. The predicted molar refractivity (Wildman–Crippen MR) is 99.1 cm³/mol. The van der Waals surface area contributed by atoms with Gasteiger partial charge in [-0.15, -0.1) is 11.6 Å². The molecular weight excluding hydrogens is 368 g/mol. The highest BCUT2D eigenvalue weighted by molar-refractivity contribution is 6.23. The van der Waals surface area contributed by atoms with E-state index in [2.05, 4.69) is 0 Å². The number of fused-ring (bicyclic) bond motifs is 5. The molecule has 4 unspecified atom stereocenters. The lowest BCUT2D eigenvalue weighted by molar-refractivity contribution is -0.168. The second kappa shape index (κ2) is 5.85. The molecule has 0 aromatic heterocycles. The number of hydrogen-bond donors (Lipinski definition) is 2. The first-order chi connectivity index (χ1) is 12.6. The van der Waals surface area contributed by atoms with Crippen molar-refractivity contribution in [2.75, 3.05) is 6.61 Å². The monoisotopic (exact) mass is 392 g/mol. The van der Waals surface area contributed by atoms with Crippen molar-refractivity contribution in [1.29, 1.82) is 0 Å². The fraction of sp³-hybridized carbons (Fsp3) is 0.667. The second-order valence-corrected chi connectivity index (χ2v) is 9.64. The summed E-state index contributed by atoms with van der Waals surface area (Å²) < 4.78 is 0. The molecule has 0 bridgehead atoms. The first-order valence-corrected chi connectivity index (χ1v) is 10.0. The number of halogens is 1. The number of carbonyl (C=O) groups excluding carboxylic acids is 3. The van der Waals surface area contributed by atoms with Crippen LogP contribution < -0.4 is 0 Å². The Morgan fingerprint density at radius 1 is 1.33 bits per heavy atom. The Morgan fingerprint density at radius 3 is 2.70 bits per heavy atom. The van der Waals surface area contributed by atoms with E-state index in [9.17, 15) is 24.6 Å². The molecule has 3 saturated carbocycles. The zero-order valence-electron chi connectivity index (χ0n) is 15.6. The van der Waals surface area contributed by atoms with Gasteiger partial charge in [-0.2, -0.15) is 0 Å². The average molecular weight is 393 g/mol. The van der Waals surface area contributed by atoms with Crippen LogP contribution in [0.5, 0.6) is 0 Å². The third-order valence-electron chi connectivity index (χ3n) is 7.99. The van der Waals surface area contributed by atoms with Gasteiger partial charge in [-0.3, -0.25) is 14.4 Å². The molecule has 0 aliphatic heterocycles. The van der Waals surface area contributed by atoms with Gasteiger partial charge >= 0.3 is 0 Å². The van der Waals surface area contributed by atoms with Gasteiger partial charge in [0.05, 0.1) is 5.38 Å². The summed E-state index contributed by atoms with van der Waals surface area (Å²) in [5.74, 6) is -1.13. The number of aliphatic hydroxyl groups excluding tert-OH is 1. The number of rotatable bonds is 2. The van der Waals surface area contributed by atoms with Gasteiger partial charge < -0.3 is 10.2 Å². The maximum Gasteiger partial charge on any atom is 0.190 e. The summed E-state index contributed by atoms with van der Waals surface area (Å²) in [4.78, 5) is 37.6. The van der Waals surface area contributed by atoms with E-state index in [1.807, 2.05) is 19.9 Å². The van der Waals surface area contributed by atoms with Crippen molar-refractivity contribution >= 4 is 29.0 Å². The molecule has 5 nitrogen and oxygen atoms in total. The van der Waals surface area contributed by atoms with Crippen LogP contribution >= 0.6 is 11.6 Å². The number of carbonyl (C=O) groups is 3. The lowest BCUT2D eigenvalue weighted by Gasteiger charge is -2.57. The minimum absolute atomic E-state index is 0.000723. The second-order valence-electron chi connectivity index (χ2n) is 9.11. The predicted octanol–water partition coefficient (Wildman–Crippen LogP) is 1.98. The number of ketones is 3. The van der Waals surface area contributed by atoms with E-state index in [1.54, 1.807) is 6.08 Å². The zero-order valence-corrected chi connectivity index (χ0v) is 16.3. The Hall–Kier alpha value is -1.30. The minimum atomic E-state index is -1.68. The normalized spacial score (nSPS) is 48.6. The molecule has 6 heteroatoms. The lowest BCUT2D eigenvalue weighted by Crippen LogP contribution is -2.61. The molecule has 0 saturated heterocycles. The van der Waals surface area contributed by atoms with Gasteiger partial charge in [-0.05, 0) is 48.8 Å². The van der Waals surface area contributed by atoms with Crippen LogP contribution in [0.2, 0.25) is 0 Å². The molecule has 0 aromatic rings. The highest BCUT2D eigenvalue weighted by Crippen LogP contribution is 2.66. The van der Waals surface area contributed by atoms with Gasteiger partial charge in [-0.25, -0.2) is 0 Å². The van der Waals surface area contributed by atoms with Crippen LogP contribution in [0, 0.1) is 28.6 Å². The summed E-state index contributed by atoms with van der Waals surface area (Å²) in [6.45, 7) is 3.05. The van der Waals surface area contributed by atoms with E-state index in [4.69, 9.17) is 11.6 Å². The fourth-order valence-electron chi connectivity index (χ4n) is 6.64. The maximum absolute atomic E-state index is 13.3. The first-order valence-electron chi connectivity index (χ1n) is 9.57. The summed E-state index contributed by atoms with van der Waals surface area (Å²) in [6, 6.07) is 0. The van der Waals surface area contributed by atoms with Gasteiger partial charge in [0, 0.05) is 23.2 Å². The standard InChI is InChI=1S/C21H25ClO5/c1-19-5-3-11(24)7-14(19)15(22)8-12-13-4-6-21(27,17(26)10-23)20(13,2)9-16(25)18(12)19/h3,5,7,12-13,15,18,23,27H,4,6,8-10H2,1-2H3/t12?,13?,15?,18?,19-,20-,21-/m0/s1. The van der Waals surface area contributed by atoms with E-state index in [0.717, 1.165) is 5.57 Å². The molecule has 0 aromatic carbocycles. The van der Waals surface area contributed by atoms with Crippen LogP contribution in [0.3, 0.4) is 0 Å². The topological polar surface area (TPSA) is 91.7 Å². The summed E-state index contributed by atoms with van der Waals surface area (Å²) in [5.41, 5.74) is -2.38. The molecule has 4 aliphatic carbocycles. The van der Waals surface area contributed by atoms with Gasteiger partial charge in [0.2, 0.25) is 0 Å². The largest absolute Gasteiger partial charge is 0.388 e. The smallest absolute Gasteiger partial charge is 0.190 e. The zero-order chi connectivity index (χ0) is 19.8. The van der Waals surface area contributed by atoms with E-state index in [0.29, 0.717) is 12.8 Å². The summed E-state index contributed by atoms with van der Waals surface area (Å²) in [5, 5.41) is 20.2. The molecule has 2 N–H and O–H groups in total. The molecule has 4 aliphatic rings. The Bertz CT molecular complexity index is 800. The number of Topliss-reactive ketones (excluding diaryl/α,β-unsaturated/α-hetero) is 2. The van der Waals surface area contributed by atoms with E-state index >= 15 is 0 Å². The van der Waals surface area contributed by atoms with Gasteiger partial charge in [0.15, 0.2) is 11.6 Å². The van der Waals surface area contributed by atoms with Crippen molar-refractivity contribution in [2.24, 2.45) is 28.6 Å². The van der Waals surface area contributed by atoms with Crippen molar-refractivity contribution in [3.05, 3.63) is 23.8 Å². The average Bonchev–Trinajstić information content (AvgIpc) is 2.87. The molecule has 146 valence electrons. The first kappa shape index (κ1) is 19.0. The third kappa shape index (κ3) is 2.28. The van der Waals surface area contributed by atoms with Gasteiger partial charge in [0.1, 0.15) is 18.0 Å². The number of alkyl halides is 1. The summed E-state index contributed by atoms with van der Waals surface area (Å²) in [7, 11) is 0. The number of aliphatic hydroxyl groups is 2. The minimum Gasteiger partial charge on any atom is -0.388 e. The third-order valence-corrected chi connectivity index (χ3v) is 8.41. The number of allylic oxidation sites excluding steroid dienone is 4. The van der Waals surface area contributed by atoms with Gasteiger partial charge in [0.25, 0.3) is 0 Å². The molecule has 0 radical (unpaired) electrons. The molecule has 7 atom stereocenters. The van der Waals surface area contributed by atoms with E-state index < -0.39 is 28.8 Å². The fourth-order valence-corrected chi connectivity index (χ4v) is 7.14. The molecule has 0 amide bonds. The molecule has 4 rings (SSSR count).